The lowest BCUT2D eigenvalue weighted by atomic mass is 10.8. The van der Waals surface area contributed by atoms with Crippen LogP contribution >= 0.6 is 23.8 Å². The van der Waals surface area contributed by atoms with Gasteiger partial charge < -0.3 is 4.18 Å². The van der Waals surface area contributed by atoms with E-state index in [0.29, 0.717) is 5.08 Å². The van der Waals surface area contributed by atoms with Crippen LogP contribution < -0.4 is 0 Å². The molecular formula is C6H5N3OS2. The van der Waals surface area contributed by atoms with Crippen LogP contribution in [0.3, 0.4) is 0 Å². The fourth-order valence-corrected chi connectivity index (χ4v) is 1.69. The Hall–Kier alpha value is -0.930. The Bertz CT molecular complexity index is 261. The van der Waals surface area contributed by atoms with Gasteiger partial charge >= 0.3 is 0 Å². The predicted molar refractivity (Wildman–Crippen MR) is 47.0 cm³/mol. The average molecular weight is 199 g/mol. The maximum absolute atomic E-state index is 8.03. The van der Waals surface area contributed by atoms with Crippen molar-refractivity contribution in [3.8, 4) is 6.26 Å². The van der Waals surface area contributed by atoms with Crippen LogP contribution in [-0.2, 0) is 4.18 Å². The van der Waals surface area contributed by atoms with E-state index in [2.05, 4.69) is 14.2 Å². The van der Waals surface area contributed by atoms with Crippen LogP contribution in [-0.4, -0.2) is 15.1 Å². The predicted octanol–water partition coefficient (Wildman–Crippen LogP) is 1.67. The summed E-state index contributed by atoms with van der Waals surface area (Å²) in [5.41, 5.74) is 0. The van der Waals surface area contributed by atoms with Gasteiger partial charge in [-0.05, 0) is 0 Å². The lowest BCUT2D eigenvalue weighted by molar-refractivity contribution is 0.598. The molecule has 1 aromatic heterocycles. The average Bonchev–Trinajstić information content (AvgIpc) is 2.14. The van der Waals surface area contributed by atoms with Crippen LogP contribution in [0.2, 0.25) is 0 Å². The van der Waals surface area contributed by atoms with Gasteiger partial charge in [0.2, 0.25) is 0 Å². The highest BCUT2D eigenvalue weighted by atomic mass is 32.2. The molecule has 0 saturated carbocycles. The van der Waals surface area contributed by atoms with Crippen molar-refractivity contribution < 1.29 is 4.18 Å². The summed E-state index contributed by atoms with van der Waals surface area (Å²) in [6, 6.07) is 0. The highest BCUT2D eigenvalue weighted by Crippen LogP contribution is 2.19. The first-order valence-corrected chi connectivity index (χ1v) is 4.89. The zero-order valence-corrected chi connectivity index (χ0v) is 7.64. The maximum Gasteiger partial charge on any atom is 0.299 e. The van der Waals surface area contributed by atoms with Gasteiger partial charge in [0, 0.05) is 12.4 Å². The Morgan fingerprint density at radius 2 is 2.50 bits per heavy atom. The van der Waals surface area contributed by atoms with Gasteiger partial charge in [-0.1, -0.05) is 11.8 Å². The van der Waals surface area contributed by atoms with E-state index < -0.39 is 0 Å². The summed E-state index contributed by atoms with van der Waals surface area (Å²) >= 11 is 2.56. The molecule has 0 atom stereocenters. The number of aromatic nitrogens is 2. The lowest BCUT2D eigenvalue weighted by Gasteiger charge is -1.95. The minimum atomic E-state index is 0.631. The van der Waals surface area contributed by atoms with Crippen LogP contribution in [0.15, 0.2) is 23.6 Å². The SMILES string of the molecule is N#COSCSc1cnccn1. The summed E-state index contributed by atoms with van der Waals surface area (Å²) in [7, 11) is 0. The van der Waals surface area contributed by atoms with Gasteiger partial charge in [0.05, 0.1) is 23.3 Å². The lowest BCUT2D eigenvalue weighted by Crippen LogP contribution is -1.80. The van der Waals surface area contributed by atoms with Gasteiger partial charge in [-0.25, -0.2) is 4.98 Å². The summed E-state index contributed by atoms with van der Waals surface area (Å²) in [6.45, 7) is 0. The molecule has 0 bridgehead atoms. The molecule has 1 aromatic rings. The normalized spacial score (nSPS) is 8.92. The maximum atomic E-state index is 8.03. The fraction of sp³-hybridized carbons (Fsp3) is 0.167. The molecule has 0 spiro atoms. The molecule has 0 saturated heterocycles. The van der Waals surface area contributed by atoms with Crippen LogP contribution in [0.4, 0.5) is 0 Å². The highest BCUT2D eigenvalue weighted by Gasteiger charge is 1.94. The first-order chi connectivity index (χ1) is 5.93. The number of nitrogens with zero attached hydrogens (tertiary/aromatic N) is 3. The summed E-state index contributed by atoms with van der Waals surface area (Å²) in [5.74, 6) is 0. The topological polar surface area (TPSA) is 58.8 Å². The Morgan fingerprint density at radius 1 is 1.58 bits per heavy atom. The molecule has 0 fully saturated rings. The van der Waals surface area contributed by atoms with E-state index in [1.807, 2.05) is 0 Å². The van der Waals surface area contributed by atoms with E-state index in [-0.39, 0.29) is 0 Å². The van der Waals surface area contributed by atoms with Gasteiger partial charge in [0.15, 0.2) is 0 Å². The van der Waals surface area contributed by atoms with Crippen LogP contribution in [0, 0.1) is 11.5 Å². The van der Waals surface area contributed by atoms with Gasteiger partial charge in [0.1, 0.15) is 5.03 Å². The van der Waals surface area contributed by atoms with Crippen molar-refractivity contribution in [2.45, 2.75) is 5.03 Å². The second-order valence-corrected chi connectivity index (χ2v) is 3.65. The number of nitriles is 1. The van der Waals surface area contributed by atoms with E-state index in [0.717, 1.165) is 17.1 Å². The monoisotopic (exact) mass is 199 g/mol. The van der Waals surface area contributed by atoms with Crippen molar-refractivity contribution in [2.24, 2.45) is 0 Å². The van der Waals surface area contributed by atoms with Gasteiger partial charge in [-0.2, -0.15) is 0 Å². The molecule has 0 N–H and O–H groups in total. The summed E-state index contributed by atoms with van der Waals surface area (Å²) < 4.78 is 4.41. The first kappa shape index (κ1) is 9.16. The molecule has 1 rings (SSSR count). The molecule has 0 aliphatic rings. The standard InChI is InChI=1S/C6H5N3OS2/c7-4-10-12-5-11-6-3-8-1-2-9-6/h1-3H,5H2. The van der Waals surface area contributed by atoms with Gasteiger partial charge in [-0.15, -0.1) is 5.26 Å². The minimum absolute atomic E-state index is 0.631. The second-order valence-electron chi connectivity index (χ2n) is 1.60. The van der Waals surface area contributed by atoms with Gasteiger partial charge in [0.25, 0.3) is 6.26 Å². The number of hydrogen-bond acceptors (Lipinski definition) is 6. The molecule has 12 heavy (non-hydrogen) atoms. The smallest absolute Gasteiger partial charge is 0.299 e. The zero-order valence-electron chi connectivity index (χ0n) is 6.01. The van der Waals surface area contributed by atoms with Crippen molar-refractivity contribution in [1.29, 1.82) is 5.26 Å². The van der Waals surface area contributed by atoms with Crippen molar-refractivity contribution in [1.82, 2.24) is 9.97 Å². The fourth-order valence-electron chi connectivity index (χ4n) is 0.495. The van der Waals surface area contributed by atoms with E-state index >= 15 is 0 Å². The summed E-state index contributed by atoms with van der Waals surface area (Å²) in [5, 5.41) is 9.49. The molecule has 62 valence electrons. The van der Waals surface area contributed by atoms with E-state index in [1.54, 1.807) is 24.8 Å². The Kier molecular flexibility index (Phi) is 4.34. The minimum Gasteiger partial charge on any atom is -0.352 e. The molecular weight excluding hydrogens is 194 g/mol. The zero-order chi connectivity index (χ0) is 8.65. The second kappa shape index (κ2) is 5.69. The Morgan fingerprint density at radius 3 is 3.17 bits per heavy atom. The third-order valence-electron chi connectivity index (χ3n) is 0.891. The molecule has 0 aliphatic heterocycles. The molecule has 0 amide bonds. The molecule has 1 heterocycles. The number of thioether (sulfide) groups is 1. The summed E-state index contributed by atoms with van der Waals surface area (Å²) in [4.78, 5) is 7.91. The number of rotatable bonds is 4. The molecule has 0 aromatic carbocycles. The van der Waals surface area contributed by atoms with Crippen LogP contribution in [0.5, 0.6) is 0 Å². The summed E-state index contributed by atoms with van der Waals surface area (Å²) in [6.07, 6.45) is 6.47. The molecule has 0 radical (unpaired) electrons. The first-order valence-electron chi connectivity index (χ1n) is 3.00. The number of hydrogen-bond donors (Lipinski definition) is 0. The van der Waals surface area contributed by atoms with Crippen molar-refractivity contribution in [3.63, 3.8) is 0 Å². The Balaban J connectivity index is 2.21. The molecule has 4 nitrogen and oxygen atoms in total. The van der Waals surface area contributed by atoms with E-state index in [9.17, 15) is 0 Å². The molecule has 6 heteroatoms. The third-order valence-corrected chi connectivity index (χ3v) is 2.45. The largest absolute Gasteiger partial charge is 0.352 e. The van der Waals surface area contributed by atoms with Crippen molar-refractivity contribution in [3.05, 3.63) is 18.6 Å². The quantitative estimate of drug-likeness (QED) is 0.242. The van der Waals surface area contributed by atoms with Crippen molar-refractivity contribution in [2.75, 3.05) is 5.08 Å². The van der Waals surface area contributed by atoms with Crippen LogP contribution in [0.1, 0.15) is 0 Å². The Labute approximate surface area is 78.6 Å². The van der Waals surface area contributed by atoms with Crippen LogP contribution in [0.25, 0.3) is 0 Å². The van der Waals surface area contributed by atoms with Gasteiger partial charge in [-0.3, -0.25) is 4.98 Å². The highest BCUT2D eigenvalue weighted by molar-refractivity contribution is 8.14. The van der Waals surface area contributed by atoms with E-state index in [4.69, 9.17) is 5.26 Å². The van der Waals surface area contributed by atoms with E-state index in [1.165, 1.54) is 11.8 Å². The molecule has 0 unspecified atom stereocenters. The third kappa shape index (κ3) is 3.46. The van der Waals surface area contributed by atoms with Crippen molar-refractivity contribution >= 4 is 23.8 Å². The molecule has 0 aliphatic carbocycles.